The van der Waals surface area contributed by atoms with Crippen LogP contribution >= 0.6 is 0 Å². The Hall–Kier alpha value is -2.91. The molecule has 0 bridgehead atoms. The number of nitrogens with zero attached hydrogens (tertiary/aromatic N) is 1. The van der Waals surface area contributed by atoms with E-state index in [1.165, 1.54) is 31.5 Å². The van der Waals surface area contributed by atoms with E-state index in [4.69, 9.17) is 4.74 Å². The number of carbonyl (C=O) groups excluding carboxylic acids is 1. The van der Waals surface area contributed by atoms with Crippen LogP contribution in [0.3, 0.4) is 0 Å². The fourth-order valence-corrected chi connectivity index (χ4v) is 3.14. The van der Waals surface area contributed by atoms with Crippen LogP contribution in [0, 0.1) is 6.92 Å². The number of hydrazone groups is 1. The van der Waals surface area contributed by atoms with Crippen LogP contribution in [0.1, 0.15) is 17.5 Å². The Kier molecular flexibility index (Phi) is 6.91. The summed E-state index contributed by atoms with van der Waals surface area (Å²) in [4.78, 5) is 11.9. The molecule has 3 N–H and O–H groups in total. The third kappa shape index (κ3) is 6.08. The summed E-state index contributed by atoms with van der Waals surface area (Å²) >= 11 is 0. The molecule has 0 aliphatic rings. The zero-order valence-electron chi connectivity index (χ0n) is 15.0. The number of sulfonamides is 1. The highest BCUT2D eigenvalue weighted by Gasteiger charge is 2.13. The van der Waals surface area contributed by atoms with Crippen molar-refractivity contribution < 1.29 is 23.1 Å². The normalized spacial score (nSPS) is 11.5. The van der Waals surface area contributed by atoms with Crippen molar-refractivity contribution in [3.8, 4) is 11.5 Å². The first-order chi connectivity index (χ1) is 12.8. The summed E-state index contributed by atoms with van der Waals surface area (Å²) in [5.74, 6) is -0.154. The van der Waals surface area contributed by atoms with Gasteiger partial charge in [0.05, 0.1) is 18.2 Å². The number of carbonyl (C=O) groups is 1. The highest BCUT2D eigenvalue weighted by molar-refractivity contribution is 7.89. The Bertz CT molecular complexity index is 925. The average molecular weight is 391 g/mol. The molecule has 0 aromatic heterocycles. The summed E-state index contributed by atoms with van der Waals surface area (Å²) in [6.45, 7) is 1.81. The van der Waals surface area contributed by atoms with Crippen molar-refractivity contribution in [2.45, 2.75) is 18.2 Å². The summed E-state index contributed by atoms with van der Waals surface area (Å²) < 4.78 is 31.6. The van der Waals surface area contributed by atoms with Crippen molar-refractivity contribution >= 4 is 22.1 Å². The van der Waals surface area contributed by atoms with Crippen LogP contribution < -0.4 is 14.9 Å². The van der Waals surface area contributed by atoms with Gasteiger partial charge < -0.3 is 9.84 Å². The minimum Gasteiger partial charge on any atom is -0.504 e. The fraction of sp³-hybridized carbons (Fsp3) is 0.222. The number of benzene rings is 2. The summed E-state index contributed by atoms with van der Waals surface area (Å²) in [5, 5.41) is 13.3. The topological polar surface area (TPSA) is 117 Å². The van der Waals surface area contributed by atoms with E-state index in [2.05, 4.69) is 15.2 Å². The van der Waals surface area contributed by atoms with E-state index < -0.39 is 15.9 Å². The van der Waals surface area contributed by atoms with Gasteiger partial charge in [-0.25, -0.2) is 18.6 Å². The number of rotatable bonds is 8. The maximum atomic E-state index is 12.1. The molecule has 9 heteroatoms. The highest BCUT2D eigenvalue weighted by atomic mass is 32.2. The molecule has 144 valence electrons. The van der Waals surface area contributed by atoms with Gasteiger partial charge in [-0.3, -0.25) is 4.79 Å². The molecule has 8 nitrogen and oxygen atoms in total. The fourth-order valence-electron chi connectivity index (χ4n) is 2.11. The van der Waals surface area contributed by atoms with Gasteiger partial charge in [0.15, 0.2) is 11.5 Å². The molecule has 2 aromatic carbocycles. The van der Waals surface area contributed by atoms with Crippen molar-refractivity contribution in [3.05, 3.63) is 53.6 Å². The van der Waals surface area contributed by atoms with Crippen LogP contribution in [-0.4, -0.2) is 39.3 Å². The third-order valence-electron chi connectivity index (χ3n) is 3.58. The maximum absolute atomic E-state index is 12.1. The second kappa shape index (κ2) is 9.15. The summed E-state index contributed by atoms with van der Waals surface area (Å²) in [5.41, 5.74) is 3.88. The van der Waals surface area contributed by atoms with E-state index in [0.717, 1.165) is 5.56 Å². The molecular formula is C18H21N3O5S. The van der Waals surface area contributed by atoms with E-state index in [-0.39, 0.29) is 29.4 Å². The Morgan fingerprint density at radius 3 is 2.59 bits per heavy atom. The van der Waals surface area contributed by atoms with Crippen LogP contribution in [0.2, 0.25) is 0 Å². The SMILES string of the molecule is COc1cc(/C=N\NC(=O)CCNS(=O)(=O)c2ccc(C)cc2)ccc1O. The van der Waals surface area contributed by atoms with Crippen molar-refractivity contribution in [1.82, 2.24) is 10.1 Å². The Labute approximate surface area is 157 Å². The molecule has 0 aliphatic heterocycles. The molecule has 0 saturated heterocycles. The van der Waals surface area contributed by atoms with Crippen LogP contribution in [0.15, 0.2) is 52.5 Å². The zero-order valence-corrected chi connectivity index (χ0v) is 15.8. The third-order valence-corrected chi connectivity index (χ3v) is 5.06. The van der Waals surface area contributed by atoms with Crippen LogP contribution in [-0.2, 0) is 14.8 Å². The number of aromatic hydroxyl groups is 1. The number of nitrogens with one attached hydrogen (secondary N) is 2. The standard InChI is InChI=1S/C18H21N3O5S/c1-13-3-6-15(7-4-13)27(24,25)20-10-9-18(23)21-19-12-14-5-8-16(22)17(11-14)26-2/h3-8,11-12,20,22H,9-10H2,1-2H3,(H,21,23)/b19-12-. The van der Waals surface area contributed by atoms with Gasteiger partial charge in [0.25, 0.3) is 0 Å². The van der Waals surface area contributed by atoms with Crippen LogP contribution in [0.25, 0.3) is 0 Å². The summed E-state index contributed by atoms with van der Waals surface area (Å²) in [6, 6.07) is 11.0. The molecule has 0 radical (unpaired) electrons. The highest BCUT2D eigenvalue weighted by Crippen LogP contribution is 2.25. The van der Waals surface area contributed by atoms with Gasteiger partial charge in [0.2, 0.25) is 15.9 Å². The molecule has 27 heavy (non-hydrogen) atoms. The zero-order chi connectivity index (χ0) is 19.9. The van der Waals surface area contributed by atoms with Crippen LogP contribution in [0.4, 0.5) is 0 Å². The first-order valence-electron chi connectivity index (χ1n) is 8.07. The number of amides is 1. The van der Waals surface area contributed by atoms with Gasteiger partial charge in [-0.05, 0) is 42.8 Å². The quantitative estimate of drug-likeness (QED) is 0.466. The molecule has 0 saturated carbocycles. The molecule has 0 aliphatic carbocycles. The van der Waals surface area contributed by atoms with Gasteiger partial charge in [-0.15, -0.1) is 0 Å². The molecular weight excluding hydrogens is 370 g/mol. The van der Waals surface area contributed by atoms with Gasteiger partial charge in [0, 0.05) is 13.0 Å². The lowest BCUT2D eigenvalue weighted by molar-refractivity contribution is -0.120. The molecule has 2 aromatic rings. The number of aryl methyl sites for hydroxylation is 1. The van der Waals surface area contributed by atoms with Crippen molar-refractivity contribution in [3.63, 3.8) is 0 Å². The minimum atomic E-state index is -3.65. The predicted octanol–water partition coefficient (Wildman–Crippen LogP) is 1.53. The molecule has 0 fully saturated rings. The average Bonchev–Trinajstić information content (AvgIpc) is 2.63. The van der Waals surface area contributed by atoms with Crippen molar-refractivity contribution in [1.29, 1.82) is 0 Å². The number of phenolic OH excluding ortho intramolecular Hbond substituents is 1. The molecule has 0 spiro atoms. The Morgan fingerprint density at radius 2 is 1.93 bits per heavy atom. The second-order valence-electron chi connectivity index (χ2n) is 5.69. The smallest absolute Gasteiger partial charge is 0.241 e. The van der Waals surface area contributed by atoms with E-state index in [1.807, 2.05) is 6.92 Å². The minimum absolute atomic E-state index is 0.000420. The van der Waals surface area contributed by atoms with Gasteiger partial charge in [-0.2, -0.15) is 5.10 Å². The monoisotopic (exact) mass is 391 g/mol. The summed E-state index contributed by atoms with van der Waals surface area (Å²) in [6.07, 6.45) is 1.32. The maximum Gasteiger partial charge on any atom is 0.241 e. The van der Waals surface area contributed by atoms with Gasteiger partial charge >= 0.3 is 0 Å². The number of hydrogen-bond donors (Lipinski definition) is 3. The summed E-state index contributed by atoms with van der Waals surface area (Å²) in [7, 11) is -2.23. The van der Waals surface area contributed by atoms with Gasteiger partial charge in [0.1, 0.15) is 0 Å². The lowest BCUT2D eigenvalue weighted by atomic mass is 10.2. The number of ether oxygens (including phenoxy) is 1. The first-order valence-corrected chi connectivity index (χ1v) is 9.55. The molecule has 1 amide bonds. The second-order valence-corrected chi connectivity index (χ2v) is 7.45. The molecule has 0 atom stereocenters. The van der Waals surface area contributed by atoms with E-state index in [1.54, 1.807) is 24.3 Å². The number of hydrogen-bond acceptors (Lipinski definition) is 6. The molecule has 2 rings (SSSR count). The molecule has 0 unspecified atom stereocenters. The number of phenols is 1. The number of methoxy groups -OCH3 is 1. The largest absolute Gasteiger partial charge is 0.504 e. The predicted molar refractivity (Wildman–Crippen MR) is 101 cm³/mol. The van der Waals surface area contributed by atoms with Crippen molar-refractivity contribution in [2.24, 2.45) is 5.10 Å². The molecule has 0 heterocycles. The van der Waals surface area contributed by atoms with Gasteiger partial charge in [-0.1, -0.05) is 17.7 Å². The Balaban J connectivity index is 1.81. The van der Waals surface area contributed by atoms with E-state index >= 15 is 0 Å². The Morgan fingerprint density at radius 1 is 1.22 bits per heavy atom. The van der Waals surface area contributed by atoms with Crippen LogP contribution in [0.5, 0.6) is 11.5 Å². The van der Waals surface area contributed by atoms with Crippen molar-refractivity contribution in [2.75, 3.05) is 13.7 Å². The lowest BCUT2D eigenvalue weighted by Gasteiger charge is -2.06. The first kappa shape index (κ1) is 20.4. The van der Waals surface area contributed by atoms with E-state index in [0.29, 0.717) is 5.56 Å². The van der Waals surface area contributed by atoms with E-state index in [9.17, 15) is 18.3 Å². The lowest BCUT2D eigenvalue weighted by Crippen LogP contribution is -2.29.